The standard InChI is InChI=1S/C11H12O4/c1-2-15-9-5-3-4-8(11(9)14)6-7-10(12)13/h3-7,14H,2H2,1H3,(H,12,13)/b7-6+. The number of para-hydroxylation sites is 1. The van der Waals surface area contributed by atoms with Crippen molar-refractivity contribution in [1.29, 1.82) is 0 Å². The fraction of sp³-hybridized carbons (Fsp3) is 0.182. The molecule has 0 aliphatic heterocycles. The molecular formula is C11H12O4. The molecule has 2 N–H and O–H groups in total. The van der Waals surface area contributed by atoms with Crippen LogP contribution < -0.4 is 4.74 Å². The van der Waals surface area contributed by atoms with Crippen LogP contribution in [-0.4, -0.2) is 22.8 Å². The lowest BCUT2D eigenvalue weighted by molar-refractivity contribution is -0.131. The minimum Gasteiger partial charge on any atom is -0.504 e. The Morgan fingerprint density at radius 2 is 2.27 bits per heavy atom. The van der Waals surface area contributed by atoms with Crippen LogP contribution in [0.25, 0.3) is 6.08 Å². The Kier molecular flexibility index (Phi) is 3.74. The highest BCUT2D eigenvalue weighted by molar-refractivity contribution is 5.86. The number of carboxylic acids is 1. The molecule has 0 amide bonds. The molecule has 0 atom stereocenters. The van der Waals surface area contributed by atoms with E-state index < -0.39 is 5.97 Å². The Bertz CT molecular complexity index is 382. The zero-order chi connectivity index (χ0) is 11.3. The van der Waals surface area contributed by atoms with Gasteiger partial charge in [0.1, 0.15) is 0 Å². The number of aromatic hydroxyl groups is 1. The van der Waals surface area contributed by atoms with Crippen LogP contribution in [0.1, 0.15) is 12.5 Å². The molecule has 0 spiro atoms. The average molecular weight is 208 g/mol. The van der Waals surface area contributed by atoms with Gasteiger partial charge < -0.3 is 14.9 Å². The summed E-state index contributed by atoms with van der Waals surface area (Å²) in [5.41, 5.74) is 0.420. The maximum Gasteiger partial charge on any atom is 0.328 e. The molecule has 1 aromatic carbocycles. The van der Waals surface area contributed by atoms with Crippen molar-refractivity contribution < 1.29 is 19.7 Å². The van der Waals surface area contributed by atoms with E-state index in [1.54, 1.807) is 25.1 Å². The van der Waals surface area contributed by atoms with Gasteiger partial charge in [0.25, 0.3) is 0 Å². The fourth-order valence-electron chi connectivity index (χ4n) is 1.11. The average Bonchev–Trinajstić information content (AvgIpc) is 2.19. The zero-order valence-electron chi connectivity index (χ0n) is 8.30. The van der Waals surface area contributed by atoms with Gasteiger partial charge >= 0.3 is 5.97 Å². The van der Waals surface area contributed by atoms with Crippen molar-refractivity contribution >= 4 is 12.0 Å². The molecule has 4 nitrogen and oxygen atoms in total. The maximum atomic E-state index is 10.3. The van der Waals surface area contributed by atoms with Crippen molar-refractivity contribution in [3.63, 3.8) is 0 Å². The second-order valence-electron chi connectivity index (χ2n) is 2.80. The highest BCUT2D eigenvalue weighted by atomic mass is 16.5. The molecule has 0 unspecified atom stereocenters. The lowest BCUT2D eigenvalue weighted by Gasteiger charge is -2.07. The highest BCUT2D eigenvalue weighted by Gasteiger charge is 2.05. The normalized spacial score (nSPS) is 10.5. The Labute approximate surface area is 87.4 Å². The van der Waals surface area contributed by atoms with E-state index in [1.807, 2.05) is 0 Å². The van der Waals surface area contributed by atoms with E-state index in [-0.39, 0.29) is 5.75 Å². The first kappa shape index (κ1) is 11.1. The first-order valence-electron chi connectivity index (χ1n) is 4.51. The number of aliphatic carboxylic acids is 1. The second-order valence-corrected chi connectivity index (χ2v) is 2.80. The van der Waals surface area contributed by atoms with E-state index in [1.165, 1.54) is 6.08 Å². The number of rotatable bonds is 4. The van der Waals surface area contributed by atoms with Crippen LogP contribution in [0.4, 0.5) is 0 Å². The lowest BCUT2D eigenvalue weighted by Crippen LogP contribution is -1.92. The minimum absolute atomic E-state index is 0.0446. The van der Waals surface area contributed by atoms with Gasteiger partial charge in [0, 0.05) is 11.6 Å². The predicted octanol–water partition coefficient (Wildman–Crippen LogP) is 1.89. The number of benzene rings is 1. The number of phenolic OH excluding ortho intramolecular Hbond substituents is 1. The van der Waals surface area contributed by atoms with Crippen molar-refractivity contribution in [3.05, 3.63) is 29.8 Å². The van der Waals surface area contributed by atoms with Gasteiger partial charge in [0.2, 0.25) is 0 Å². The Balaban J connectivity index is 2.98. The summed E-state index contributed by atoms with van der Waals surface area (Å²) in [6.07, 6.45) is 2.28. The third kappa shape index (κ3) is 3.02. The number of phenols is 1. The van der Waals surface area contributed by atoms with Gasteiger partial charge in [-0.2, -0.15) is 0 Å². The summed E-state index contributed by atoms with van der Waals surface area (Å²) >= 11 is 0. The smallest absolute Gasteiger partial charge is 0.328 e. The van der Waals surface area contributed by atoms with Gasteiger partial charge in [-0.1, -0.05) is 12.1 Å². The molecule has 0 saturated heterocycles. The summed E-state index contributed by atoms with van der Waals surface area (Å²) in [6.45, 7) is 2.25. The van der Waals surface area contributed by atoms with Crippen LogP contribution in [0.3, 0.4) is 0 Å². The highest BCUT2D eigenvalue weighted by Crippen LogP contribution is 2.30. The van der Waals surface area contributed by atoms with Crippen molar-refractivity contribution in [2.45, 2.75) is 6.92 Å². The van der Waals surface area contributed by atoms with Gasteiger partial charge in [-0.15, -0.1) is 0 Å². The number of carboxylic acid groups (broad SMARTS) is 1. The molecule has 1 aromatic rings. The third-order valence-corrected chi connectivity index (χ3v) is 1.74. The quantitative estimate of drug-likeness (QED) is 0.741. The molecule has 15 heavy (non-hydrogen) atoms. The number of ether oxygens (including phenoxy) is 1. The summed E-state index contributed by atoms with van der Waals surface area (Å²) in [5, 5.41) is 18.1. The zero-order valence-corrected chi connectivity index (χ0v) is 8.30. The van der Waals surface area contributed by atoms with Crippen LogP contribution in [0.15, 0.2) is 24.3 Å². The first-order chi connectivity index (χ1) is 7.15. The van der Waals surface area contributed by atoms with Crippen molar-refractivity contribution in [2.75, 3.05) is 6.61 Å². The molecule has 0 aliphatic rings. The molecule has 0 bridgehead atoms. The van der Waals surface area contributed by atoms with Crippen molar-refractivity contribution in [3.8, 4) is 11.5 Å². The summed E-state index contributed by atoms with van der Waals surface area (Å²) in [4.78, 5) is 10.3. The van der Waals surface area contributed by atoms with E-state index in [2.05, 4.69) is 0 Å². The van der Waals surface area contributed by atoms with Crippen LogP contribution >= 0.6 is 0 Å². The van der Waals surface area contributed by atoms with E-state index >= 15 is 0 Å². The monoisotopic (exact) mass is 208 g/mol. The van der Waals surface area contributed by atoms with Crippen LogP contribution in [0.2, 0.25) is 0 Å². The van der Waals surface area contributed by atoms with Crippen molar-refractivity contribution in [1.82, 2.24) is 0 Å². The summed E-state index contributed by atoms with van der Waals surface area (Å²) in [5.74, 6) is -0.752. The second kappa shape index (κ2) is 5.05. The number of carbonyl (C=O) groups is 1. The maximum absolute atomic E-state index is 10.3. The SMILES string of the molecule is CCOc1cccc(/C=C/C(=O)O)c1O. The third-order valence-electron chi connectivity index (χ3n) is 1.74. The van der Waals surface area contributed by atoms with Gasteiger partial charge in [-0.05, 0) is 19.1 Å². The van der Waals surface area contributed by atoms with Gasteiger partial charge in [0.05, 0.1) is 6.61 Å². The Morgan fingerprint density at radius 1 is 1.53 bits per heavy atom. The molecule has 0 radical (unpaired) electrons. The van der Waals surface area contributed by atoms with E-state index in [4.69, 9.17) is 9.84 Å². The fourth-order valence-corrected chi connectivity index (χ4v) is 1.11. The van der Waals surface area contributed by atoms with E-state index in [0.717, 1.165) is 6.08 Å². The van der Waals surface area contributed by atoms with Gasteiger partial charge in [-0.3, -0.25) is 0 Å². The Hall–Kier alpha value is -1.97. The number of hydrogen-bond acceptors (Lipinski definition) is 3. The molecule has 1 rings (SSSR count). The first-order valence-corrected chi connectivity index (χ1v) is 4.51. The lowest BCUT2D eigenvalue weighted by atomic mass is 10.1. The summed E-state index contributed by atoms with van der Waals surface area (Å²) < 4.78 is 5.15. The van der Waals surface area contributed by atoms with Crippen LogP contribution in [0, 0.1) is 0 Å². The molecule has 80 valence electrons. The molecular weight excluding hydrogens is 196 g/mol. The summed E-state index contributed by atoms with van der Waals surface area (Å²) in [6, 6.07) is 4.92. The molecule has 0 aliphatic carbocycles. The van der Waals surface area contributed by atoms with Crippen LogP contribution in [0.5, 0.6) is 11.5 Å². The van der Waals surface area contributed by atoms with Crippen LogP contribution in [-0.2, 0) is 4.79 Å². The van der Waals surface area contributed by atoms with Gasteiger partial charge in [0.15, 0.2) is 11.5 Å². The molecule has 0 saturated carbocycles. The number of hydrogen-bond donors (Lipinski definition) is 2. The molecule has 0 fully saturated rings. The minimum atomic E-state index is -1.06. The largest absolute Gasteiger partial charge is 0.504 e. The topological polar surface area (TPSA) is 66.8 Å². The van der Waals surface area contributed by atoms with Crippen molar-refractivity contribution in [2.24, 2.45) is 0 Å². The Morgan fingerprint density at radius 3 is 2.87 bits per heavy atom. The molecule has 4 heteroatoms. The van der Waals surface area contributed by atoms with E-state index in [0.29, 0.717) is 17.9 Å². The predicted molar refractivity (Wildman–Crippen MR) is 55.9 cm³/mol. The van der Waals surface area contributed by atoms with Gasteiger partial charge in [-0.25, -0.2) is 4.79 Å². The summed E-state index contributed by atoms with van der Waals surface area (Å²) in [7, 11) is 0. The molecule has 0 heterocycles. The molecule has 0 aromatic heterocycles. The van der Waals surface area contributed by atoms with E-state index in [9.17, 15) is 9.90 Å².